The lowest BCUT2D eigenvalue weighted by molar-refractivity contribution is -0.0399. The molecule has 12 rings (SSSR count). The number of hydrogen-bond donors (Lipinski definition) is 0. The number of hydrogen-bond acceptors (Lipinski definition) is 1. The van der Waals surface area contributed by atoms with Crippen LogP contribution in [0.1, 0.15) is 43.2 Å². The zero-order chi connectivity index (χ0) is 29.3. The van der Waals surface area contributed by atoms with Crippen molar-refractivity contribution in [2.75, 3.05) is 0 Å². The Hall–Kier alpha value is -4.62. The van der Waals surface area contributed by atoms with E-state index in [2.05, 4.69) is 115 Å². The Morgan fingerprint density at radius 3 is 1.91 bits per heavy atom. The van der Waals surface area contributed by atoms with Gasteiger partial charge < -0.3 is 4.74 Å². The molecule has 45 heavy (non-hydrogen) atoms. The van der Waals surface area contributed by atoms with Crippen LogP contribution in [0.25, 0.3) is 55.3 Å². The minimum atomic E-state index is 0.208. The molecule has 0 unspecified atom stereocenters. The van der Waals surface area contributed by atoms with Crippen LogP contribution in [0.3, 0.4) is 0 Å². The van der Waals surface area contributed by atoms with Crippen LogP contribution in [0.15, 0.2) is 121 Å². The molecular weight excluding hydrogens is 544 g/mol. The third-order valence-corrected chi connectivity index (χ3v) is 12.5. The molecule has 216 valence electrons. The van der Waals surface area contributed by atoms with Gasteiger partial charge in [-0.3, -0.25) is 0 Å². The van der Waals surface area contributed by atoms with Gasteiger partial charge in [-0.05, 0) is 129 Å². The monoisotopic (exact) mass is 578 g/mol. The summed E-state index contributed by atoms with van der Waals surface area (Å²) in [4.78, 5) is 0. The summed E-state index contributed by atoms with van der Waals surface area (Å²) in [5, 5.41) is 2.45. The third kappa shape index (κ3) is 3.19. The number of para-hydroxylation sites is 1. The molecular formula is C44H34O. The van der Waals surface area contributed by atoms with Crippen molar-refractivity contribution in [2.45, 2.75) is 37.5 Å². The van der Waals surface area contributed by atoms with Crippen molar-refractivity contribution in [1.29, 1.82) is 0 Å². The van der Waals surface area contributed by atoms with Crippen LogP contribution in [0, 0.1) is 23.7 Å². The SMILES string of the molecule is c1ccc2c(c1)Oc1ccc(-c3ccc(-c4ccc5c(c4)C4(c6ccccc6-5)C5CC6CC(C5)CC4C6)cc3)c3cccc-2c13. The average molecular weight is 579 g/mol. The fourth-order valence-corrected chi connectivity index (χ4v) is 11.0. The Bertz CT molecular complexity index is 2170. The molecule has 4 bridgehead atoms. The lowest BCUT2D eigenvalue weighted by Crippen LogP contribution is -2.55. The van der Waals surface area contributed by atoms with Crippen LogP contribution in [-0.4, -0.2) is 0 Å². The summed E-state index contributed by atoms with van der Waals surface area (Å²) in [6, 6.07) is 45.5. The first-order valence-electron chi connectivity index (χ1n) is 16.9. The summed E-state index contributed by atoms with van der Waals surface area (Å²) in [7, 11) is 0. The van der Waals surface area contributed by atoms with Crippen LogP contribution in [-0.2, 0) is 5.41 Å². The van der Waals surface area contributed by atoms with Crippen LogP contribution in [0.5, 0.6) is 11.5 Å². The van der Waals surface area contributed by atoms with E-state index >= 15 is 0 Å². The van der Waals surface area contributed by atoms with Gasteiger partial charge in [0.1, 0.15) is 11.5 Å². The molecule has 0 N–H and O–H groups in total. The molecule has 0 saturated heterocycles. The largest absolute Gasteiger partial charge is 0.456 e. The van der Waals surface area contributed by atoms with Gasteiger partial charge in [-0.15, -0.1) is 0 Å². The van der Waals surface area contributed by atoms with Gasteiger partial charge in [0.25, 0.3) is 0 Å². The van der Waals surface area contributed by atoms with E-state index in [1.54, 1.807) is 11.1 Å². The number of benzene rings is 6. The Balaban J connectivity index is 1.01. The number of fused-ring (bicyclic) bond motifs is 5. The highest BCUT2D eigenvalue weighted by atomic mass is 16.5. The second kappa shape index (κ2) is 8.76. The molecule has 6 aliphatic rings. The molecule has 5 aliphatic carbocycles. The fourth-order valence-electron chi connectivity index (χ4n) is 11.0. The smallest absolute Gasteiger partial charge is 0.135 e. The summed E-state index contributed by atoms with van der Waals surface area (Å²) < 4.78 is 6.36. The van der Waals surface area contributed by atoms with Crippen molar-refractivity contribution in [3.05, 3.63) is 132 Å². The van der Waals surface area contributed by atoms with Crippen molar-refractivity contribution in [2.24, 2.45) is 23.7 Å². The number of ether oxygens (including phenoxy) is 1. The van der Waals surface area contributed by atoms with Crippen LogP contribution < -0.4 is 4.74 Å². The maximum atomic E-state index is 6.36. The molecule has 1 aliphatic heterocycles. The van der Waals surface area contributed by atoms with Gasteiger partial charge in [0, 0.05) is 16.4 Å². The molecule has 0 atom stereocenters. The summed E-state index contributed by atoms with van der Waals surface area (Å²) in [5.74, 6) is 5.37. The summed E-state index contributed by atoms with van der Waals surface area (Å²) in [5.41, 5.74) is 14.0. The van der Waals surface area contributed by atoms with Crippen molar-refractivity contribution in [3.8, 4) is 56.0 Å². The van der Waals surface area contributed by atoms with Gasteiger partial charge in [0.15, 0.2) is 0 Å². The maximum absolute atomic E-state index is 6.36. The average Bonchev–Trinajstić information content (AvgIpc) is 3.37. The van der Waals surface area contributed by atoms with E-state index in [1.807, 2.05) is 6.07 Å². The Labute approximate surface area is 264 Å². The fraction of sp³-hybridized carbons (Fsp3) is 0.227. The minimum absolute atomic E-state index is 0.208. The summed E-state index contributed by atoms with van der Waals surface area (Å²) >= 11 is 0. The summed E-state index contributed by atoms with van der Waals surface area (Å²) in [6.07, 6.45) is 7.18. The zero-order valence-corrected chi connectivity index (χ0v) is 25.3. The topological polar surface area (TPSA) is 9.23 Å². The molecule has 1 nitrogen and oxygen atoms in total. The van der Waals surface area contributed by atoms with Crippen LogP contribution >= 0.6 is 0 Å². The zero-order valence-electron chi connectivity index (χ0n) is 25.3. The molecule has 6 aromatic rings. The van der Waals surface area contributed by atoms with Crippen LogP contribution in [0.2, 0.25) is 0 Å². The van der Waals surface area contributed by atoms with Gasteiger partial charge in [0.05, 0.1) is 0 Å². The van der Waals surface area contributed by atoms with Gasteiger partial charge in [-0.2, -0.15) is 0 Å². The molecule has 0 radical (unpaired) electrons. The van der Waals surface area contributed by atoms with E-state index < -0.39 is 0 Å². The van der Waals surface area contributed by atoms with E-state index in [0.29, 0.717) is 0 Å². The van der Waals surface area contributed by atoms with Crippen molar-refractivity contribution in [1.82, 2.24) is 0 Å². The van der Waals surface area contributed by atoms with Gasteiger partial charge in [-0.1, -0.05) is 103 Å². The highest BCUT2D eigenvalue weighted by Gasteiger charge is 2.61. The molecule has 4 fully saturated rings. The van der Waals surface area contributed by atoms with Gasteiger partial charge in [-0.25, -0.2) is 0 Å². The quantitative estimate of drug-likeness (QED) is 0.198. The predicted molar refractivity (Wildman–Crippen MR) is 184 cm³/mol. The Morgan fingerprint density at radius 1 is 0.444 bits per heavy atom. The number of rotatable bonds is 2. The second-order valence-electron chi connectivity index (χ2n) is 14.5. The van der Waals surface area contributed by atoms with Gasteiger partial charge >= 0.3 is 0 Å². The maximum Gasteiger partial charge on any atom is 0.135 e. The standard InChI is InChI=1S/C44H34O/c1-3-10-39-34(6-1)35-17-16-30(25-40(35)44(39)31-21-26-20-27(23-31)24-32(44)22-26)28-12-14-29(15-13-28)33-18-19-42-43-37(33)8-5-9-38(43)36-7-2-4-11-41(36)45-42/h1-19,25-27,31-32H,20-24H2. The first kappa shape index (κ1) is 24.7. The second-order valence-corrected chi connectivity index (χ2v) is 14.5. The van der Waals surface area contributed by atoms with Crippen LogP contribution in [0.4, 0.5) is 0 Å². The molecule has 1 heterocycles. The van der Waals surface area contributed by atoms with E-state index in [-0.39, 0.29) is 5.41 Å². The highest BCUT2D eigenvalue weighted by Crippen LogP contribution is 2.69. The Morgan fingerprint density at radius 2 is 1.09 bits per heavy atom. The lowest BCUT2D eigenvalue weighted by Gasteiger charge is -2.61. The lowest BCUT2D eigenvalue weighted by atomic mass is 9.43. The van der Waals surface area contributed by atoms with Crippen molar-refractivity contribution < 1.29 is 4.74 Å². The minimum Gasteiger partial charge on any atom is -0.456 e. The van der Waals surface area contributed by atoms with E-state index in [4.69, 9.17) is 4.74 Å². The van der Waals surface area contributed by atoms with Crippen molar-refractivity contribution >= 4 is 10.8 Å². The molecule has 0 amide bonds. The molecule has 4 saturated carbocycles. The van der Waals surface area contributed by atoms with Gasteiger partial charge in [0.2, 0.25) is 0 Å². The first-order chi connectivity index (χ1) is 22.3. The highest BCUT2D eigenvalue weighted by molar-refractivity contribution is 6.09. The Kier molecular flexibility index (Phi) is 4.80. The molecule has 0 aromatic heterocycles. The molecule has 1 spiro atoms. The van der Waals surface area contributed by atoms with Crippen molar-refractivity contribution in [3.63, 3.8) is 0 Å². The summed E-state index contributed by atoms with van der Waals surface area (Å²) in [6.45, 7) is 0. The van der Waals surface area contributed by atoms with E-state index in [0.717, 1.165) is 35.2 Å². The first-order valence-corrected chi connectivity index (χ1v) is 16.9. The normalized spacial score (nSPS) is 26.0. The van der Waals surface area contributed by atoms with E-state index in [1.165, 1.54) is 87.4 Å². The molecule has 6 aromatic carbocycles. The third-order valence-electron chi connectivity index (χ3n) is 12.5. The predicted octanol–water partition coefficient (Wildman–Crippen LogP) is 11.7. The van der Waals surface area contributed by atoms with E-state index in [9.17, 15) is 0 Å². The molecule has 1 heteroatoms.